The molecule has 0 unspecified atom stereocenters. The topological polar surface area (TPSA) is 27.7 Å². The number of hydrogen-bond donors (Lipinski definition) is 0. The van der Waals surface area contributed by atoms with Crippen molar-refractivity contribution >= 4 is 0 Å². The van der Waals surface area contributed by atoms with E-state index >= 15 is 0 Å². The molecule has 2 saturated heterocycles. The fourth-order valence-electron chi connectivity index (χ4n) is 1.37. The molecule has 0 bridgehead atoms. The van der Waals surface area contributed by atoms with Crippen molar-refractivity contribution in [3.8, 4) is 0 Å². The van der Waals surface area contributed by atoms with E-state index in [2.05, 4.69) is 4.74 Å². The molecule has 2 heterocycles. The van der Waals surface area contributed by atoms with Crippen molar-refractivity contribution in [1.29, 1.82) is 0 Å². The van der Waals surface area contributed by atoms with Gasteiger partial charge in [-0.2, -0.15) is 0 Å². The lowest BCUT2D eigenvalue weighted by Gasteiger charge is -2.08. The molecule has 2 fully saturated rings. The first-order valence-electron chi connectivity index (χ1n) is 6.56. The minimum absolute atomic E-state index is 0.819. The number of rotatable bonds is 1. The van der Waals surface area contributed by atoms with Crippen LogP contribution in [0.15, 0.2) is 0 Å². The molecule has 0 saturated carbocycles. The van der Waals surface area contributed by atoms with E-state index in [1.54, 1.807) is 7.11 Å². The summed E-state index contributed by atoms with van der Waals surface area (Å²) >= 11 is 0. The minimum atomic E-state index is 0.819. The quantitative estimate of drug-likeness (QED) is 0.695. The number of methoxy groups -OCH3 is 1. The van der Waals surface area contributed by atoms with Crippen molar-refractivity contribution in [2.24, 2.45) is 0 Å². The van der Waals surface area contributed by atoms with E-state index < -0.39 is 0 Å². The van der Waals surface area contributed by atoms with Gasteiger partial charge in [-0.3, -0.25) is 0 Å². The summed E-state index contributed by atoms with van der Waals surface area (Å²) < 4.78 is 14.7. The van der Waals surface area contributed by atoms with Gasteiger partial charge in [-0.25, -0.2) is 0 Å². The smallest absolute Gasteiger partial charge is 0.0466 e. The Morgan fingerprint density at radius 2 is 1.06 bits per heavy atom. The molecule has 0 aromatic carbocycles. The van der Waals surface area contributed by atoms with E-state index in [0.29, 0.717) is 0 Å². The van der Waals surface area contributed by atoms with Crippen molar-refractivity contribution in [3.63, 3.8) is 0 Å². The molecule has 0 amide bonds. The van der Waals surface area contributed by atoms with E-state index in [-0.39, 0.29) is 0 Å². The van der Waals surface area contributed by atoms with Crippen LogP contribution in [-0.4, -0.2) is 40.1 Å². The fraction of sp³-hybridized carbons (Fsp3) is 1.00. The maximum atomic E-state index is 5.07. The highest BCUT2D eigenvalue weighted by Gasteiger charge is 1.95. The van der Waals surface area contributed by atoms with Gasteiger partial charge in [0.25, 0.3) is 0 Å². The summed E-state index contributed by atoms with van der Waals surface area (Å²) in [5.74, 6) is 0. The van der Waals surface area contributed by atoms with Crippen LogP contribution in [0.2, 0.25) is 0 Å². The zero-order chi connectivity index (χ0) is 11.9. The molecule has 2 aliphatic rings. The lowest BCUT2D eigenvalue weighted by molar-refractivity contribution is 0.0967. The van der Waals surface area contributed by atoms with Gasteiger partial charge in [0.15, 0.2) is 0 Å². The van der Waals surface area contributed by atoms with Crippen molar-refractivity contribution in [2.45, 2.75) is 45.4 Å². The fourth-order valence-corrected chi connectivity index (χ4v) is 1.37. The van der Waals surface area contributed by atoms with Gasteiger partial charge >= 0.3 is 0 Å². The summed E-state index contributed by atoms with van der Waals surface area (Å²) in [4.78, 5) is 0. The third kappa shape index (κ3) is 13.9. The zero-order valence-electron chi connectivity index (χ0n) is 11.0. The second kappa shape index (κ2) is 14.9. The first-order chi connectivity index (χ1) is 7.91. The summed E-state index contributed by atoms with van der Waals surface area (Å²) in [6, 6.07) is 0. The van der Waals surface area contributed by atoms with Crippen LogP contribution >= 0.6 is 0 Å². The van der Waals surface area contributed by atoms with Crippen LogP contribution in [0, 0.1) is 0 Å². The second-order valence-corrected chi connectivity index (χ2v) is 3.92. The molecular weight excluding hydrogens is 204 g/mol. The van der Waals surface area contributed by atoms with Gasteiger partial charge in [-0.1, -0.05) is 0 Å². The van der Waals surface area contributed by atoms with Gasteiger partial charge in [-0.15, -0.1) is 0 Å². The predicted molar refractivity (Wildman–Crippen MR) is 66.9 cm³/mol. The highest BCUT2D eigenvalue weighted by atomic mass is 16.5. The van der Waals surface area contributed by atoms with Gasteiger partial charge in [0.1, 0.15) is 0 Å². The molecule has 0 spiro atoms. The Labute approximate surface area is 100 Å². The van der Waals surface area contributed by atoms with Crippen molar-refractivity contribution in [3.05, 3.63) is 0 Å². The monoisotopic (exact) mass is 232 g/mol. The molecule has 2 aliphatic heterocycles. The van der Waals surface area contributed by atoms with Gasteiger partial charge < -0.3 is 14.2 Å². The Morgan fingerprint density at radius 1 is 0.750 bits per heavy atom. The maximum absolute atomic E-state index is 5.07. The van der Waals surface area contributed by atoms with Crippen LogP contribution in [0.4, 0.5) is 0 Å². The van der Waals surface area contributed by atoms with Crippen LogP contribution in [0.1, 0.15) is 45.4 Å². The van der Waals surface area contributed by atoms with Gasteiger partial charge in [0.2, 0.25) is 0 Å². The lowest BCUT2D eigenvalue weighted by Crippen LogP contribution is -2.03. The van der Waals surface area contributed by atoms with Crippen molar-refractivity contribution < 1.29 is 14.2 Å². The Kier molecular flexibility index (Phi) is 14.8. The van der Waals surface area contributed by atoms with Crippen LogP contribution in [0.25, 0.3) is 0 Å². The Morgan fingerprint density at radius 3 is 1.12 bits per heavy atom. The van der Waals surface area contributed by atoms with Crippen LogP contribution in [0.5, 0.6) is 0 Å². The van der Waals surface area contributed by atoms with E-state index in [0.717, 1.165) is 33.0 Å². The molecule has 0 radical (unpaired) electrons. The molecule has 16 heavy (non-hydrogen) atoms. The molecule has 0 aromatic heterocycles. The zero-order valence-corrected chi connectivity index (χ0v) is 11.0. The average Bonchev–Trinajstić information content (AvgIpc) is 2.44. The van der Waals surface area contributed by atoms with Gasteiger partial charge in [0.05, 0.1) is 0 Å². The van der Waals surface area contributed by atoms with Crippen LogP contribution in [0.3, 0.4) is 0 Å². The molecule has 0 aliphatic carbocycles. The van der Waals surface area contributed by atoms with Crippen LogP contribution < -0.4 is 0 Å². The summed E-state index contributed by atoms with van der Waals surface area (Å²) in [6.07, 6.45) is 7.86. The van der Waals surface area contributed by atoms with Crippen LogP contribution in [-0.2, 0) is 14.2 Å². The third-order valence-electron chi connectivity index (χ3n) is 2.44. The standard InChI is InChI=1S/2C5H10O.C3H8O/c2*1-2-4-6-5-3-1;1-3-4-2/h2*1-5H2;3H2,1-2H3. The normalized spacial score (nSPS) is 19.9. The highest BCUT2D eigenvalue weighted by Crippen LogP contribution is 2.02. The Hall–Kier alpha value is -0.120. The lowest BCUT2D eigenvalue weighted by atomic mass is 10.2. The molecule has 0 aromatic rings. The average molecular weight is 232 g/mol. The van der Waals surface area contributed by atoms with Crippen molar-refractivity contribution in [2.75, 3.05) is 40.1 Å². The molecule has 98 valence electrons. The van der Waals surface area contributed by atoms with E-state index in [4.69, 9.17) is 9.47 Å². The van der Waals surface area contributed by atoms with Gasteiger partial charge in [0, 0.05) is 40.1 Å². The molecule has 3 nitrogen and oxygen atoms in total. The summed E-state index contributed by atoms with van der Waals surface area (Å²) in [7, 11) is 1.68. The predicted octanol–water partition coefficient (Wildman–Crippen LogP) is 3.03. The second-order valence-electron chi connectivity index (χ2n) is 3.92. The van der Waals surface area contributed by atoms with Crippen molar-refractivity contribution in [1.82, 2.24) is 0 Å². The molecule has 3 heteroatoms. The van der Waals surface area contributed by atoms with E-state index in [1.807, 2.05) is 6.92 Å². The number of ether oxygens (including phenoxy) is 3. The summed E-state index contributed by atoms with van der Waals surface area (Å²) in [5, 5.41) is 0. The van der Waals surface area contributed by atoms with E-state index in [1.165, 1.54) is 38.5 Å². The highest BCUT2D eigenvalue weighted by molar-refractivity contribution is 4.45. The minimum Gasteiger partial charge on any atom is -0.385 e. The summed E-state index contributed by atoms with van der Waals surface area (Å²) in [6.45, 7) is 6.78. The third-order valence-corrected chi connectivity index (χ3v) is 2.44. The first-order valence-corrected chi connectivity index (χ1v) is 6.56. The van der Waals surface area contributed by atoms with Gasteiger partial charge in [-0.05, 0) is 45.4 Å². The number of hydrogen-bond acceptors (Lipinski definition) is 3. The molecule has 2 rings (SSSR count). The molecule has 0 N–H and O–H groups in total. The first kappa shape index (κ1) is 15.9. The Bertz CT molecular complexity index is 72.7. The Balaban J connectivity index is 0.000000217. The maximum Gasteiger partial charge on any atom is 0.0466 e. The SMILES string of the molecule is C1CCOCC1.C1CCOCC1.CCOC. The van der Waals surface area contributed by atoms with E-state index in [9.17, 15) is 0 Å². The molecule has 0 atom stereocenters. The summed E-state index contributed by atoms with van der Waals surface area (Å²) in [5.41, 5.74) is 0. The molecular formula is C13H28O3. The largest absolute Gasteiger partial charge is 0.385 e.